The Labute approximate surface area is 111 Å². The second kappa shape index (κ2) is 4.84. The molecule has 0 radical (unpaired) electrons. The summed E-state index contributed by atoms with van der Waals surface area (Å²) in [6.07, 6.45) is 3.81. The molecule has 2 heterocycles. The van der Waals surface area contributed by atoms with Crippen LogP contribution in [0.4, 0.5) is 5.69 Å². The Morgan fingerprint density at radius 2 is 2.37 bits per heavy atom. The minimum Gasteiger partial charge on any atom is -0.385 e. The molecular weight excluding hydrogens is 240 g/mol. The average Bonchev–Trinajstić information content (AvgIpc) is 2.83. The maximum atomic E-state index is 12.4. The zero-order valence-corrected chi connectivity index (χ0v) is 10.9. The highest BCUT2D eigenvalue weighted by Crippen LogP contribution is 2.26. The van der Waals surface area contributed by atoms with Gasteiger partial charge in [0.05, 0.1) is 6.42 Å². The summed E-state index contributed by atoms with van der Waals surface area (Å²) in [5.74, 6) is 0.808. The van der Waals surface area contributed by atoms with Crippen molar-refractivity contribution in [3.63, 3.8) is 0 Å². The van der Waals surface area contributed by atoms with Gasteiger partial charge in [-0.25, -0.2) is 4.98 Å². The third kappa shape index (κ3) is 2.23. The third-order valence-electron chi connectivity index (χ3n) is 3.52. The van der Waals surface area contributed by atoms with E-state index in [4.69, 9.17) is 0 Å². The van der Waals surface area contributed by atoms with Crippen LogP contribution in [0.3, 0.4) is 0 Å². The quantitative estimate of drug-likeness (QED) is 0.847. The number of aromatic nitrogens is 3. The van der Waals surface area contributed by atoms with Crippen LogP contribution in [0.1, 0.15) is 28.2 Å². The Kier molecular flexibility index (Phi) is 3.03. The fourth-order valence-corrected chi connectivity index (χ4v) is 2.49. The van der Waals surface area contributed by atoms with E-state index in [1.165, 1.54) is 6.33 Å². The van der Waals surface area contributed by atoms with Crippen LogP contribution >= 0.6 is 0 Å². The average molecular weight is 256 g/mol. The lowest BCUT2D eigenvalue weighted by molar-refractivity contribution is 0.0988. The molecule has 0 spiro atoms. The molecule has 0 amide bonds. The monoisotopic (exact) mass is 256 g/mol. The summed E-state index contributed by atoms with van der Waals surface area (Å²) in [7, 11) is 1.80. The molecule has 1 aromatic heterocycles. The van der Waals surface area contributed by atoms with Gasteiger partial charge in [0, 0.05) is 24.8 Å². The van der Waals surface area contributed by atoms with E-state index >= 15 is 0 Å². The molecule has 5 nitrogen and oxygen atoms in total. The molecule has 0 saturated heterocycles. The van der Waals surface area contributed by atoms with Crippen LogP contribution in [-0.4, -0.2) is 27.1 Å². The second-order valence-corrected chi connectivity index (χ2v) is 4.76. The van der Waals surface area contributed by atoms with E-state index in [-0.39, 0.29) is 5.78 Å². The molecule has 0 saturated carbocycles. The maximum absolute atomic E-state index is 12.4. The summed E-state index contributed by atoms with van der Waals surface area (Å²) in [6, 6.07) is 5.87. The van der Waals surface area contributed by atoms with Crippen LogP contribution in [0.5, 0.6) is 0 Å². The molecule has 3 rings (SSSR count). The molecule has 5 heteroatoms. The number of aryl methyl sites for hydroxylation is 1. The number of carbonyl (C=O) groups excluding carboxylic acids is 1. The van der Waals surface area contributed by atoms with Gasteiger partial charge in [0.15, 0.2) is 5.78 Å². The van der Waals surface area contributed by atoms with Crippen LogP contribution < -0.4 is 5.32 Å². The van der Waals surface area contributed by atoms with Gasteiger partial charge in [-0.2, -0.15) is 5.10 Å². The van der Waals surface area contributed by atoms with Crippen molar-refractivity contribution in [3.05, 3.63) is 41.5 Å². The van der Waals surface area contributed by atoms with Gasteiger partial charge in [-0.3, -0.25) is 9.48 Å². The lowest BCUT2D eigenvalue weighted by atomic mass is 9.94. The molecule has 19 heavy (non-hydrogen) atoms. The Balaban J connectivity index is 1.90. The topological polar surface area (TPSA) is 59.8 Å². The minimum atomic E-state index is 0.108. The Morgan fingerprint density at radius 1 is 1.47 bits per heavy atom. The number of nitrogens with zero attached hydrogens (tertiary/aromatic N) is 3. The molecule has 0 bridgehead atoms. The zero-order valence-electron chi connectivity index (χ0n) is 10.9. The minimum absolute atomic E-state index is 0.108. The van der Waals surface area contributed by atoms with Crippen molar-refractivity contribution in [1.29, 1.82) is 0 Å². The highest BCUT2D eigenvalue weighted by atomic mass is 16.1. The predicted molar refractivity (Wildman–Crippen MR) is 72.3 cm³/mol. The number of Topliss-reactive ketones (excluding diaryl/α,β-unsaturated/α-hetero) is 1. The Hall–Kier alpha value is -2.17. The predicted octanol–water partition coefficient (Wildman–Crippen LogP) is 1.60. The number of nitrogens with one attached hydrogen (secondary N) is 1. The normalized spacial score (nSPS) is 13.7. The molecule has 1 aliphatic heterocycles. The molecule has 0 aliphatic carbocycles. The summed E-state index contributed by atoms with van der Waals surface area (Å²) in [5, 5.41) is 7.33. The molecule has 0 atom stereocenters. The van der Waals surface area contributed by atoms with Gasteiger partial charge >= 0.3 is 0 Å². The van der Waals surface area contributed by atoms with Crippen molar-refractivity contribution >= 4 is 11.5 Å². The summed E-state index contributed by atoms with van der Waals surface area (Å²) >= 11 is 0. The summed E-state index contributed by atoms with van der Waals surface area (Å²) in [5.41, 5.74) is 3.05. The van der Waals surface area contributed by atoms with Crippen LogP contribution in [-0.2, 0) is 19.9 Å². The first-order valence-electron chi connectivity index (χ1n) is 6.47. The van der Waals surface area contributed by atoms with Crippen molar-refractivity contribution in [3.8, 4) is 0 Å². The van der Waals surface area contributed by atoms with E-state index in [2.05, 4.69) is 15.4 Å². The van der Waals surface area contributed by atoms with Gasteiger partial charge in [-0.05, 0) is 24.5 Å². The van der Waals surface area contributed by atoms with Crippen LogP contribution in [0, 0.1) is 0 Å². The molecule has 2 aromatic rings. The smallest absolute Gasteiger partial charge is 0.170 e. The molecular formula is C14H16N4O. The van der Waals surface area contributed by atoms with E-state index in [1.807, 2.05) is 18.2 Å². The fraction of sp³-hybridized carbons (Fsp3) is 0.357. The van der Waals surface area contributed by atoms with E-state index < -0.39 is 0 Å². The van der Waals surface area contributed by atoms with Crippen molar-refractivity contribution in [1.82, 2.24) is 14.8 Å². The second-order valence-electron chi connectivity index (χ2n) is 4.76. The number of benzene rings is 1. The first-order valence-corrected chi connectivity index (χ1v) is 6.47. The van der Waals surface area contributed by atoms with Crippen molar-refractivity contribution < 1.29 is 4.79 Å². The van der Waals surface area contributed by atoms with Crippen molar-refractivity contribution in [2.45, 2.75) is 19.3 Å². The van der Waals surface area contributed by atoms with Crippen LogP contribution in [0.15, 0.2) is 24.5 Å². The van der Waals surface area contributed by atoms with Gasteiger partial charge in [0.1, 0.15) is 12.2 Å². The Morgan fingerprint density at radius 3 is 3.16 bits per heavy atom. The lowest BCUT2D eigenvalue weighted by Crippen LogP contribution is -2.17. The van der Waals surface area contributed by atoms with E-state index in [0.29, 0.717) is 12.2 Å². The first kappa shape index (κ1) is 11.9. The van der Waals surface area contributed by atoms with Gasteiger partial charge in [0.25, 0.3) is 0 Å². The number of ketones is 1. The van der Waals surface area contributed by atoms with Crippen LogP contribution in [0.2, 0.25) is 0 Å². The molecule has 1 N–H and O–H groups in total. The largest absolute Gasteiger partial charge is 0.385 e. The first-order chi connectivity index (χ1) is 9.25. The Bertz CT molecular complexity index is 618. The van der Waals surface area contributed by atoms with E-state index in [1.54, 1.807) is 11.7 Å². The summed E-state index contributed by atoms with van der Waals surface area (Å²) in [4.78, 5) is 16.5. The number of fused-ring (bicyclic) bond motifs is 1. The number of rotatable bonds is 3. The van der Waals surface area contributed by atoms with Crippen LogP contribution in [0.25, 0.3) is 0 Å². The maximum Gasteiger partial charge on any atom is 0.170 e. The number of anilines is 1. The van der Waals surface area contributed by atoms with Gasteiger partial charge in [0.2, 0.25) is 0 Å². The van der Waals surface area contributed by atoms with Gasteiger partial charge < -0.3 is 5.32 Å². The number of carbonyl (C=O) groups is 1. The standard InChI is InChI=1S/C14H16N4O/c1-18-14(16-9-17-18)8-13(19)11-4-2-6-12-10(11)5-3-7-15-12/h2,4,6,9,15H,3,5,7-8H2,1H3. The van der Waals surface area contributed by atoms with Gasteiger partial charge in [-0.15, -0.1) is 0 Å². The summed E-state index contributed by atoms with van der Waals surface area (Å²) < 4.78 is 1.64. The molecule has 0 fully saturated rings. The van der Waals surface area contributed by atoms with Crippen molar-refractivity contribution in [2.75, 3.05) is 11.9 Å². The fourth-order valence-electron chi connectivity index (χ4n) is 2.49. The van der Waals surface area contributed by atoms with E-state index in [0.717, 1.165) is 36.2 Å². The highest BCUT2D eigenvalue weighted by Gasteiger charge is 2.18. The summed E-state index contributed by atoms with van der Waals surface area (Å²) in [6.45, 7) is 0.980. The zero-order chi connectivity index (χ0) is 13.2. The number of hydrogen-bond donors (Lipinski definition) is 1. The van der Waals surface area contributed by atoms with Gasteiger partial charge in [-0.1, -0.05) is 12.1 Å². The lowest BCUT2D eigenvalue weighted by Gasteiger charge is -2.20. The SMILES string of the molecule is Cn1ncnc1CC(=O)c1cccc2c1CCCN2. The number of hydrogen-bond acceptors (Lipinski definition) is 4. The third-order valence-corrected chi connectivity index (χ3v) is 3.52. The van der Waals surface area contributed by atoms with E-state index in [9.17, 15) is 4.79 Å². The molecule has 0 unspecified atom stereocenters. The highest BCUT2D eigenvalue weighted by molar-refractivity contribution is 5.99. The molecule has 98 valence electrons. The molecule has 1 aliphatic rings. The molecule has 1 aromatic carbocycles. The van der Waals surface area contributed by atoms with Crippen molar-refractivity contribution in [2.24, 2.45) is 7.05 Å².